The van der Waals surface area contributed by atoms with Crippen molar-refractivity contribution in [2.75, 3.05) is 10.6 Å². The van der Waals surface area contributed by atoms with E-state index in [9.17, 15) is 0 Å². The van der Waals surface area contributed by atoms with Gasteiger partial charge < -0.3 is 10.6 Å². The minimum Gasteiger partial charge on any atom is -0.332 e. The second kappa shape index (κ2) is 5.84. The van der Waals surface area contributed by atoms with Crippen LogP contribution in [0.5, 0.6) is 0 Å². The van der Waals surface area contributed by atoms with E-state index >= 15 is 0 Å². The fourth-order valence-corrected chi connectivity index (χ4v) is 2.06. The highest BCUT2D eigenvalue weighted by atomic mass is 32.1. The van der Waals surface area contributed by atoms with E-state index in [1.165, 1.54) is 5.56 Å². The predicted molar refractivity (Wildman–Crippen MR) is 83.6 cm³/mol. The van der Waals surface area contributed by atoms with E-state index in [2.05, 4.69) is 34.8 Å². The molecule has 1 aromatic heterocycles. The molecule has 2 aromatic rings. The maximum atomic E-state index is 5.29. The van der Waals surface area contributed by atoms with Crippen LogP contribution in [0.2, 0.25) is 0 Å². The van der Waals surface area contributed by atoms with E-state index in [-0.39, 0.29) is 0 Å². The van der Waals surface area contributed by atoms with Crippen LogP contribution in [0.15, 0.2) is 30.5 Å². The highest BCUT2D eigenvalue weighted by molar-refractivity contribution is 7.80. The van der Waals surface area contributed by atoms with Crippen LogP contribution in [0.3, 0.4) is 0 Å². The summed E-state index contributed by atoms with van der Waals surface area (Å²) in [5.41, 5.74) is 4.14. The molecule has 0 amide bonds. The Balaban J connectivity index is 1.99. The number of aromatic nitrogens is 2. The highest BCUT2D eigenvalue weighted by Crippen LogP contribution is 2.13. The quantitative estimate of drug-likeness (QED) is 0.844. The van der Waals surface area contributed by atoms with Crippen LogP contribution in [0.1, 0.15) is 18.2 Å². The number of hydrogen-bond acceptors (Lipinski definition) is 2. The van der Waals surface area contributed by atoms with Gasteiger partial charge in [0.1, 0.15) is 0 Å². The Hall–Kier alpha value is -1.88. The lowest BCUT2D eigenvalue weighted by Crippen LogP contribution is -2.19. The molecule has 0 bridgehead atoms. The highest BCUT2D eigenvalue weighted by Gasteiger charge is 2.05. The first kappa shape index (κ1) is 13.5. The summed E-state index contributed by atoms with van der Waals surface area (Å²) in [4.78, 5) is 0. The molecule has 0 saturated heterocycles. The van der Waals surface area contributed by atoms with Crippen LogP contribution in [-0.4, -0.2) is 14.9 Å². The maximum Gasteiger partial charge on any atom is 0.175 e. The summed E-state index contributed by atoms with van der Waals surface area (Å²) in [5.74, 6) is 0. The van der Waals surface area contributed by atoms with Crippen molar-refractivity contribution in [3.05, 3.63) is 41.7 Å². The SMILES string of the molecule is CCc1ccc(NC(=S)Nc2cn(C)nc2C)cc1. The molecule has 0 aliphatic heterocycles. The molecule has 1 heterocycles. The summed E-state index contributed by atoms with van der Waals surface area (Å²) in [7, 11) is 1.89. The number of hydrogen-bond donors (Lipinski definition) is 2. The molecular formula is C14H18N4S. The molecule has 2 rings (SSSR count). The van der Waals surface area contributed by atoms with Crippen molar-refractivity contribution >= 4 is 28.7 Å². The van der Waals surface area contributed by atoms with Crippen molar-refractivity contribution in [3.63, 3.8) is 0 Å². The first-order valence-corrected chi connectivity index (χ1v) is 6.66. The molecule has 0 atom stereocenters. The van der Waals surface area contributed by atoms with Gasteiger partial charge in [0.25, 0.3) is 0 Å². The standard InChI is InChI=1S/C14H18N4S/c1-4-11-5-7-12(8-6-11)15-14(19)16-13-9-18(3)17-10(13)2/h5-9H,4H2,1-3H3,(H2,15,16,19). The van der Waals surface area contributed by atoms with Gasteiger partial charge in [-0.2, -0.15) is 5.10 Å². The molecule has 0 spiro atoms. The second-order valence-electron chi connectivity index (χ2n) is 4.43. The Morgan fingerprint density at radius 3 is 2.47 bits per heavy atom. The third-order valence-electron chi connectivity index (χ3n) is 2.88. The fourth-order valence-electron chi connectivity index (χ4n) is 1.83. The molecule has 1 aromatic carbocycles. The van der Waals surface area contributed by atoms with Crippen LogP contribution < -0.4 is 10.6 Å². The summed E-state index contributed by atoms with van der Waals surface area (Å²) in [6.07, 6.45) is 2.95. The molecule has 0 unspecified atom stereocenters. The number of anilines is 2. The predicted octanol–water partition coefficient (Wildman–Crippen LogP) is 3.10. The normalized spacial score (nSPS) is 10.3. The van der Waals surface area contributed by atoms with Crippen molar-refractivity contribution in [1.82, 2.24) is 9.78 Å². The van der Waals surface area contributed by atoms with Gasteiger partial charge in [-0.3, -0.25) is 4.68 Å². The van der Waals surface area contributed by atoms with E-state index in [0.717, 1.165) is 23.5 Å². The molecule has 0 saturated carbocycles. The lowest BCUT2D eigenvalue weighted by molar-refractivity contribution is 0.756. The largest absolute Gasteiger partial charge is 0.332 e. The van der Waals surface area contributed by atoms with Gasteiger partial charge in [-0.15, -0.1) is 0 Å². The van der Waals surface area contributed by atoms with Gasteiger partial charge in [0.15, 0.2) is 5.11 Å². The molecule has 0 aliphatic rings. The number of benzene rings is 1. The zero-order valence-corrected chi connectivity index (χ0v) is 12.2. The summed E-state index contributed by atoms with van der Waals surface area (Å²) in [6.45, 7) is 4.08. The van der Waals surface area contributed by atoms with Crippen LogP contribution in [0.25, 0.3) is 0 Å². The van der Waals surface area contributed by atoms with Gasteiger partial charge in [-0.25, -0.2) is 0 Å². The Morgan fingerprint density at radius 2 is 1.95 bits per heavy atom. The van der Waals surface area contributed by atoms with Gasteiger partial charge in [0.05, 0.1) is 11.4 Å². The van der Waals surface area contributed by atoms with Crippen LogP contribution in [0.4, 0.5) is 11.4 Å². The van der Waals surface area contributed by atoms with Crippen LogP contribution >= 0.6 is 12.2 Å². The van der Waals surface area contributed by atoms with Gasteiger partial charge >= 0.3 is 0 Å². The van der Waals surface area contributed by atoms with E-state index in [4.69, 9.17) is 12.2 Å². The molecule has 0 radical (unpaired) electrons. The third-order valence-corrected chi connectivity index (χ3v) is 3.09. The molecule has 5 heteroatoms. The Bertz CT molecular complexity index is 572. The summed E-state index contributed by atoms with van der Waals surface area (Å²) in [5, 5.41) is 11.1. The average Bonchev–Trinajstić information content (AvgIpc) is 2.68. The smallest absolute Gasteiger partial charge is 0.175 e. The maximum absolute atomic E-state index is 5.29. The number of aryl methyl sites for hydroxylation is 3. The lowest BCUT2D eigenvalue weighted by atomic mass is 10.1. The van der Waals surface area contributed by atoms with Crippen molar-refractivity contribution in [1.29, 1.82) is 0 Å². The van der Waals surface area contributed by atoms with E-state index in [0.29, 0.717) is 5.11 Å². The zero-order chi connectivity index (χ0) is 13.8. The van der Waals surface area contributed by atoms with Gasteiger partial charge in [0.2, 0.25) is 0 Å². The minimum absolute atomic E-state index is 0.570. The molecular weight excluding hydrogens is 256 g/mol. The van der Waals surface area contributed by atoms with E-state index < -0.39 is 0 Å². The molecule has 0 aliphatic carbocycles. The topological polar surface area (TPSA) is 41.9 Å². The average molecular weight is 274 g/mol. The Labute approximate surface area is 118 Å². The molecule has 19 heavy (non-hydrogen) atoms. The van der Waals surface area contributed by atoms with Crippen molar-refractivity contribution in [3.8, 4) is 0 Å². The Kier molecular flexibility index (Phi) is 4.16. The lowest BCUT2D eigenvalue weighted by Gasteiger charge is -2.10. The van der Waals surface area contributed by atoms with E-state index in [1.807, 2.05) is 32.3 Å². The van der Waals surface area contributed by atoms with Crippen molar-refractivity contribution in [2.45, 2.75) is 20.3 Å². The third kappa shape index (κ3) is 3.54. The van der Waals surface area contributed by atoms with E-state index in [1.54, 1.807) is 4.68 Å². The van der Waals surface area contributed by atoms with Crippen LogP contribution in [-0.2, 0) is 13.5 Å². The molecule has 0 fully saturated rings. The summed E-state index contributed by atoms with van der Waals surface area (Å²) in [6, 6.07) is 8.26. The van der Waals surface area contributed by atoms with Gasteiger partial charge in [0, 0.05) is 18.9 Å². The fraction of sp³-hybridized carbons (Fsp3) is 0.286. The Morgan fingerprint density at radius 1 is 1.26 bits per heavy atom. The molecule has 100 valence electrons. The van der Waals surface area contributed by atoms with Crippen LogP contribution in [0, 0.1) is 6.92 Å². The number of rotatable bonds is 3. The van der Waals surface area contributed by atoms with Crippen molar-refractivity contribution < 1.29 is 0 Å². The minimum atomic E-state index is 0.570. The molecule has 2 N–H and O–H groups in total. The van der Waals surface area contributed by atoms with Gasteiger partial charge in [-0.1, -0.05) is 19.1 Å². The zero-order valence-electron chi connectivity index (χ0n) is 11.4. The monoisotopic (exact) mass is 274 g/mol. The first-order chi connectivity index (χ1) is 9.08. The summed E-state index contributed by atoms with van der Waals surface area (Å²) < 4.78 is 1.76. The molecule has 4 nitrogen and oxygen atoms in total. The van der Waals surface area contributed by atoms with Gasteiger partial charge in [-0.05, 0) is 43.3 Å². The number of nitrogens with one attached hydrogen (secondary N) is 2. The first-order valence-electron chi connectivity index (χ1n) is 6.25. The number of thiocarbonyl (C=S) groups is 1. The second-order valence-corrected chi connectivity index (χ2v) is 4.84. The number of nitrogens with zero attached hydrogens (tertiary/aromatic N) is 2. The van der Waals surface area contributed by atoms with Crippen molar-refractivity contribution in [2.24, 2.45) is 7.05 Å². The summed E-state index contributed by atoms with van der Waals surface area (Å²) >= 11 is 5.29.